The second-order valence-corrected chi connectivity index (χ2v) is 5.42. The number of amides is 1. The molecule has 3 heteroatoms. The number of unbranched alkanes of at least 4 members (excludes halogenated alkanes) is 3. The van der Waals surface area contributed by atoms with Crippen LogP contribution < -0.4 is 10.6 Å². The zero-order valence-corrected chi connectivity index (χ0v) is 11.6. The molecule has 3 nitrogen and oxygen atoms in total. The third-order valence-corrected chi connectivity index (χ3v) is 3.34. The largest absolute Gasteiger partial charge is 0.352 e. The van der Waals surface area contributed by atoms with Gasteiger partial charge in [0, 0.05) is 12.1 Å². The summed E-state index contributed by atoms with van der Waals surface area (Å²) >= 11 is 0. The molecule has 2 atom stereocenters. The van der Waals surface area contributed by atoms with Crippen molar-refractivity contribution in [3.05, 3.63) is 0 Å². The minimum Gasteiger partial charge on any atom is -0.352 e. The smallest absolute Gasteiger partial charge is 0.237 e. The van der Waals surface area contributed by atoms with Crippen molar-refractivity contribution in [2.24, 2.45) is 0 Å². The van der Waals surface area contributed by atoms with Crippen molar-refractivity contribution in [3.8, 4) is 0 Å². The highest BCUT2D eigenvalue weighted by Crippen LogP contribution is 2.18. The van der Waals surface area contributed by atoms with Crippen molar-refractivity contribution in [2.75, 3.05) is 0 Å². The lowest BCUT2D eigenvalue weighted by molar-refractivity contribution is -0.123. The molecule has 2 unspecified atom stereocenters. The van der Waals surface area contributed by atoms with E-state index in [0.29, 0.717) is 12.1 Å². The Kier molecular flexibility index (Phi) is 6.56. The van der Waals surface area contributed by atoms with Crippen LogP contribution in [0.2, 0.25) is 0 Å². The minimum absolute atomic E-state index is 0.0585. The average Bonchev–Trinajstić information content (AvgIpc) is 3.08. The van der Waals surface area contributed by atoms with Crippen LogP contribution in [-0.4, -0.2) is 24.0 Å². The van der Waals surface area contributed by atoms with Gasteiger partial charge in [-0.1, -0.05) is 32.6 Å². The number of carbonyl (C=O) groups excluding carboxylic acids is 1. The molecule has 0 aliphatic heterocycles. The van der Waals surface area contributed by atoms with Crippen LogP contribution in [0.4, 0.5) is 0 Å². The Morgan fingerprint density at radius 2 is 1.94 bits per heavy atom. The molecule has 0 radical (unpaired) electrons. The molecule has 1 rings (SSSR count). The van der Waals surface area contributed by atoms with Gasteiger partial charge in [0.2, 0.25) is 5.91 Å². The molecule has 17 heavy (non-hydrogen) atoms. The van der Waals surface area contributed by atoms with Crippen LogP contribution in [0.1, 0.15) is 65.7 Å². The molecule has 0 aromatic heterocycles. The summed E-state index contributed by atoms with van der Waals surface area (Å²) < 4.78 is 0. The molecule has 0 aromatic rings. The molecule has 0 heterocycles. The van der Waals surface area contributed by atoms with E-state index < -0.39 is 0 Å². The highest BCUT2D eigenvalue weighted by molar-refractivity contribution is 5.81. The second-order valence-electron chi connectivity index (χ2n) is 5.42. The predicted molar refractivity (Wildman–Crippen MR) is 72.0 cm³/mol. The zero-order chi connectivity index (χ0) is 12.7. The van der Waals surface area contributed by atoms with Crippen LogP contribution in [0.15, 0.2) is 0 Å². The lowest BCUT2D eigenvalue weighted by atomic mass is 10.1. The number of hydrogen-bond donors (Lipinski definition) is 2. The van der Waals surface area contributed by atoms with Gasteiger partial charge in [-0.25, -0.2) is 0 Å². The summed E-state index contributed by atoms with van der Waals surface area (Å²) in [6.07, 6.45) is 8.66. The van der Waals surface area contributed by atoms with Gasteiger partial charge in [0.05, 0.1) is 6.04 Å². The first kappa shape index (κ1) is 14.5. The van der Waals surface area contributed by atoms with E-state index in [4.69, 9.17) is 0 Å². The highest BCUT2D eigenvalue weighted by atomic mass is 16.2. The van der Waals surface area contributed by atoms with Gasteiger partial charge in [-0.3, -0.25) is 4.79 Å². The maximum atomic E-state index is 11.7. The lowest BCUT2D eigenvalue weighted by Crippen LogP contribution is -2.46. The number of nitrogens with one attached hydrogen (secondary N) is 2. The van der Waals surface area contributed by atoms with E-state index in [1.807, 2.05) is 6.92 Å². The van der Waals surface area contributed by atoms with Gasteiger partial charge in [-0.05, 0) is 33.1 Å². The first-order chi connectivity index (χ1) is 8.13. The standard InChI is InChI=1S/C14H28N2O/c1-4-5-6-7-8-11(2)15-12(3)14(17)16-13-9-10-13/h11-13,15H,4-10H2,1-3H3,(H,16,17). The summed E-state index contributed by atoms with van der Waals surface area (Å²) in [6.45, 7) is 6.36. The monoisotopic (exact) mass is 240 g/mol. The Balaban J connectivity index is 2.06. The van der Waals surface area contributed by atoms with E-state index in [2.05, 4.69) is 24.5 Å². The average molecular weight is 240 g/mol. The molecule has 1 saturated carbocycles. The Morgan fingerprint density at radius 1 is 1.24 bits per heavy atom. The maximum absolute atomic E-state index is 11.7. The first-order valence-electron chi connectivity index (χ1n) is 7.20. The summed E-state index contributed by atoms with van der Waals surface area (Å²) in [4.78, 5) is 11.7. The SMILES string of the molecule is CCCCCCC(C)NC(C)C(=O)NC1CC1. The van der Waals surface area contributed by atoms with Crippen LogP contribution in [0.25, 0.3) is 0 Å². The van der Waals surface area contributed by atoms with Crippen molar-refractivity contribution < 1.29 is 4.79 Å². The van der Waals surface area contributed by atoms with Crippen molar-refractivity contribution in [1.29, 1.82) is 0 Å². The quantitative estimate of drug-likeness (QED) is 0.608. The number of hydrogen-bond acceptors (Lipinski definition) is 2. The maximum Gasteiger partial charge on any atom is 0.237 e. The number of rotatable bonds is 9. The van der Waals surface area contributed by atoms with E-state index >= 15 is 0 Å². The highest BCUT2D eigenvalue weighted by Gasteiger charge is 2.25. The van der Waals surface area contributed by atoms with E-state index in [-0.39, 0.29) is 11.9 Å². The van der Waals surface area contributed by atoms with Crippen molar-refractivity contribution in [3.63, 3.8) is 0 Å². The summed E-state index contributed by atoms with van der Waals surface area (Å²) in [6, 6.07) is 0.843. The molecule has 100 valence electrons. The van der Waals surface area contributed by atoms with Gasteiger partial charge in [-0.2, -0.15) is 0 Å². The molecule has 0 bridgehead atoms. The Hall–Kier alpha value is -0.570. The van der Waals surface area contributed by atoms with Crippen LogP contribution in [0.3, 0.4) is 0 Å². The van der Waals surface area contributed by atoms with Gasteiger partial charge in [0.25, 0.3) is 0 Å². The molecule has 1 fully saturated rings. The summed E-state index contributed by atoms with van der Waals surface area (Å²) in [5.41, 5.74) is 0. The zero-order valence-electron chi connectivity index (χ0n) is 11.6. The van der Waals surface area contributed by atoms with Gasteiger partial charge in [0.1, 0.15) is 0 Å². The van der Waals surface area contributed by atoms with Crippen LogP contribution in [0, 0.1) is 0 Å². The second kappa shape index (κ2) is 7.70. The van der Waals surface area contributed by atoms with Gasteiger partial charge >= 0.3 is 0 Å². The lowest BCUT2D eigenvalue weighted by Gasteiger charge is -2.19. The summed E-state index contributed by atoms with van der Waals surface area (Å²) in [5, 5.41) is 6.41. The third-order valence-electron chi connectivity index (χ3n) is 3.34. The Bertz CT molecular complexity index is 226. The molecule has 1 aliphatic rings. The van der Waals surface area contributed by atoms with E-state index in [1.165, 1.54) is 32.1 Å². The summed E-state index contributed by atoms with van der Waals surface area (Å²) in [5.74, 6) is 0.160. The van der Waals surface area contributed by atoms with Crippen molar-refractivity contribution in [2.45, 2.75) is 83.8 Å². The molecule has 0 spiro atoms. The molecule has 2 N–H and O–H groups in total. The number of carbonyl (C=O) groups is 1. The molecule has 0 aromatic carbocycles. The van der Waals surface area contributed by atoms with Crippen molar-refractivity contribution in [1.82, 2.24) is 10.6 Å². The fraction of sp³-hybridized carbons (Fsp3) is 0.929. The molecule has 1 aliphatic carbocycles. The van der Waals surface area contributed by atoms with E-state index in [1.54, 1.807) is 0 Å². The fourth-order valence-corrected chi connectivity index (χ4v) is 2.02. The predicted octanol–water partition coefficient (Wildman–Crippen LogP) is 2.60. The van der Waals surface area contributed by atoms with Crippen LogP contribution in [0.5, 0.6) is 0 Å². The van der Waals surface area contributed by atoms with Crippen LogP contribution in [-0.2, 0) is 4.79 Å². The molecular weight excluding hydrogens is 212 g/mol. The Labute approximate surface area is 106 Å². The first-order valence-corrected chi connectivity index (χ1v) is 7.20. The fourth-order valence-electron chi connectivity index (χ4n) is 2.02. The normalized spacial score (nSPS) is 18.8. The van der Waals surface area contributed by atoms with Crippen LogP contribution >= 0.6 is 0 Å². The van der Waals surface area contributed by atoms with E-state index in [9.17, 15) is 4.79 Å². The van der Waals surface area contributed by atoms with Crippen molar-refractivity contribution >= 4 is 5.91 Å². The topological polar surface area (TPSA) is 41.1 Å². The molecular formula is C14H28N2O. The molecule has 0 saturated heterocycles. The van der Waals surface area contributed by atoms with Gasteiger partial charge < -0.3 is 10.6 Å². The molecule has 1 amide bonds. The minimum atomic E-state index is -0.0585. The van der Waals surface area contributed by atoms with E-state index in [0.717, 1.165) is 12.8 Å². The third kappa shape index (κ3) is 6.67. The Morgan fingerprint density at radius 3 is 2.53 bits per heavy atom. The summed E-state index contributed by atoms with van der Waals surface area (Å²) in [7, 11) is 0. The van der Waals surface area contributed by atoms with Gasteiger partial charge in [-0.15, -0.1) is 0 Å². The van der Waals surface area contributed by atoms with Gasteiger partial charge in [0.15, 0.2) is 0 Å².